The lowest BCUT2D eigenvalue weighted by Crippen LogP contribution is -2.50. The molecule has 2 saturated heterocycles. The van der Waals surface area contributed by atoms with Gasteiger partial charge in [-0.3, -0.25) is 0 Å². The molecule has 126 valence electrons. The van der Waals surface area contributed by atoms with Crippen molar-refractivity contribution in [3.63, 3.8) is 0 Å². The summed E-state index contributed by atoms with van der Waals surface area (Å²) in [7, 11) is 0. The van der Waals surface area contributed by atoms with Gasteiger partial charge in [-0.2, -0.15) is 0 Å². The van der Waals surface area contributed by atoms with Crippen LogP contribution >= 0.6 is 11.6 Å². The molecule has 0 bridgehead atoms. The molecule has 5 nitrogen and oxygen atoms in total. The van der Waals surface area contributed by atoms with Crippen molar-refractivity contribution < 1.29 is 14.3 Å². The molecular formula is C17H23ClN2O3. The maximum atomic E-state index is 12.2. The number of carbonyl (C=O) groups is 1. The number of nitrogens with one attached hydrogen (secondary N) is 1. The first-order valence-electron chi connectivity index (χ1n) is 8.23. The van der Waals surface area contributed by atoms with E-state index in [1.54, 1.807) is 0 Å². The third-order valence-electron chi connectivity index (χ3n) is 4.37. The molecule has 2 aliphatic heterocycles. The van der Waals surface area contributed by atoms with E-state index in [4.69, 9.17) is 21.1 Å². The number of rotatable bonds is 6. The summed E-state index contributed by atoms with van der Waals surface area (Å²) in [5, 5.41) is 3.69. The Labute approximate surface area is 141 Å². The summed E-state index contributed by atoms with van der Waals surface area (Å²) in [5.74, 6) is 0. The largest absolute Gasteiger partial charge is 0.379 e. The second-order valence-electron chi connectivity index (χ2n) is 5.99. The highest BCUT2D eigenvalue weighted by atomic mass is 35.5. The number of halogens is 1. The molecule has 0 aliphatic carbocycles. The van der Waals surface area contributed by atoms with Crippen molar-refractivity contribution in [1.82, 2.24) is 10.2 Å². The van der Waals surface area contributed by atoms with Crippen molar-refractivity contribution >= 4 is 17.6 Å². The van der Waals surface area contributed by atoms with Gasteiger partial charge >= 0.3 is 6.03 Å². The number of benzene rings is 1. The summed E-state index contributed by atoms with van der Waals surface area (Å²) in [6.45, 7) is 3.59. The number of amides is 2. The van der Waals surface area contributed by atoms with Crippen LogP contribution in [0.25, 0.3) is 0 Å². The van der Waals surface area contributed by atoms with Crippen LogP contribution in [0, 0.1) is 0 Å². The van der Waals surface area contributed by atoms with E-state index in [0.717, 1.165) is 43.0 Å². The fourth-order valence-electron chi connectivity index (χ4n) is 2.93. The molecule has 0 aromatic heterocycles. The van der Waals surface area contributed by atoms with Crippen molar-refractivity contribution in [3.8, 4) is 0 Å². The zero-order valence-corrected chi connectivity index (χ0v) is 13.9. The first-order valence-corrected chi connectivity index (χ1v) is 8.61. The van der Waals surface area contributed by atoms with Gasteiger partial charge in [-0.15, -0.1) is 0 Å². The lowest BCUT2D eigenvalue weighted by molar-refractivity contribution is 0.0414. The first kappa shape index (κ1) is 16.6. The van der Waals surface area contributed by atoms with E-state index in [1.165, 1.54) is 0 Å². The topological polar surface area (TPSA) is 50.8 Å². The first-order chi connectivity index (χ1) is 11.2. The highest BCUT2D eigenvalue weighted by Gasteiger charge is 2.33. The molecular weight excluding hydrogens is 316 g/mol. The second-order valence-corrected chi connectivity index (χ2v) is 6.43. The van der Waals surface area contributed by atoms with Gasteiger partial charge in [0.25, 0.3) is 0 Å². The highest BCUT2D eigenvalue weighted by molar-refractivity contribution is 6.30. The Morgan fingerprint density at radius 2 is 2.17 bits per heavy atom. The van der Waals surface area contributed by atoms with Gasteiger partial charge in [-0.25, -0.2) is 4.79 Å². The van der Waals surface area contributed by atoms with Crippen LogP contribution in [0.15, 0.2) is 24.3 Å². The van der Waals surface area contributed by atoms with E-state index >= 15 is 0 Å². The maximum Gasteiger partial charge on any atom is 0.317 e. The average molecular weight is 339 g/mol. The van der Waals surface area contributed by atoms with E-state index in [9.17, 15) is 4.79 Å². The van der Waals surface area contributed by atoms with Crippen molar-refractivity contribution in [2.24, 2.45) is 0 Å². The minimum absolute atomic E-state index is 0.000370. The third kappa shape index (κ3) is 4.37. The van der Waals surface area contributed by atoms with Gasteiger partial charge in [0.15, 0.2) is 0 Å². The summed E-state index contributed by atoms with van der Waals surface area (Å²) >= 11 is 5.91. The molecule has 6 heteroatoms. The Balaban J connectivity index is 1.35. The molecule has 2 heterocycles. The van der Waals surface area contributed by atoms with Gasteiger partial charge in [-0.05, 0) is 37.0 Å². The van der Waals surface area contributed by atoms with E-state index in [1.807, 2.05) is 29.2 Å². The van der Waals surface area contributed by atoms with Gasteiger partial charge in [0.05, 0.1) is 18.8 Å². The minimum atomic E-state index is 0.000370. The lowest BCUT2D eigenvalue weighted by Gasteiger charge is -2.41. The number of nitrogens with zero attached hydrogens (tertiary/aromatic N) is 1. The van der Waals surface area contributed by atoms with Crippen molar-refractivity contribution in [2.45, 2.75) is 31.4 Å². The Bertz CT molecular complexity index is 517. The average Bonchev–Trinajstić information content (AvgIpc) is 3.01. The Morgan fingerprint density at radius 3 is 2.83 bits per heavy atom. The predicted octanol–water partition coefficient (Wildman–Crippen LogP) is 2.99. The van der Waals surface area contributed by atoms with Gasteiger partial charge in [0, 0.05) is 31.3 Å². The normalized spacial score (nSPS) is 23.6. The van der Waals surface area contributed by atoms with Crippen molar-refractivity contribution in [2.75, 3.05) is 32.9 Å². The van der Waals surface area contributed by atoms with E-state index < -0.39 is 0 Å². The third-order valence-corrected chi connectivity index (χ3v) is 4.63. The van der Waals surface area contributed by atoms with Gasteiger partial charge in [0.1, 0.15) is 0 Å². The summed E-state index contributed by atoms with van der Waals surface area (Å²) in [4.78, 5) is 14.1. The van der Waals surface area contributed by atoms with Crippen LogP contribution in [0.4, 0.5) is 4.79 Å². The summed E-state index contributed by atoms with van der Waals surface area (Å²) in [6, 6.07) is 7.89. The maximum absolute atomic E-state index is 12.2. The van der Waals surface area contributed by atoms with Gasteiger partial charge in [-0.1, -0.05) is 23.7 Å². The van der Waals surface area contributed by atoms with Gasteiger partial charge in [0.2, 0.25) is 0 Å². The number of carbonyl (C=O) groups excluding carboxylic acids is 1. The molecule has 0 unspecified atom stereocenters. The highest BCUT2D eigenvalue weighted by Crippen LogP contribution is 2.33. The van der Waals surface area contributed by atoms with Crippen LogP contribution in [0.1, 0.15) is 30.9 Å². The quantitative estimate of drug-likeness (QED) is 0.811. The van der Waals surface area contributed by atoms with E-state index in [0.29, 0.717) is 19.8 Å². The van der Waals surface area contributed by atoms with Crippen LogP contribution in [0.2, 0.25) is 5.02 Å². The molecule has 0 spiro atoms. The molecule has 23 heavy (non-hydrogen) atoms. The molecule has 2 atom stereocenters. The summed E-state index contributed by atoms with van der Waals surface area (Å²) in [6.07, 6.45) is 3.03. The van der Waals surface area contributed by atoms with E-state index in [-0.39, 0.29) is 18.2 Å². The monoisotopic (exact) mass is 338 g/mol. The van der Waals surface area contributed by atoms with Crippen molar-refractivity contribution in [1.29, 1.82) is 0 Å². The number of ether oxygens (including phenoxy) is 2. The molecule has 2 amide bonds. The fraction of sp³-hybridized carbons (Fsp3) is 0.588. The molecule has 2 aliphatic rings. The smallest absolute Gasteiger partial charge is 0.317 e. The standard InChI is InChI=1S/C17H23ClN2O3/c18-14-4-2-13(3-5-14)16-6-9-20(16)17(21)19-8-1-10-23-15-7-11-22-12-15/h2-5,15-16H,1,6-12H2,(H,19,21)/t15-,16-/m1/s1. The number of hydrogen-bond acceptors (Lipinski definition) is 3. The molecule has 0 radical (unpaired) electrons. The van der Waals surface area contributed by atoms with Gasteiger partial charge < -0.3 is 19.7 Å². The molecule has 2 fully saturated rings. The fourth-order valence-corrected chi connectivity index (χ4v) is 3.05. The SMILES string of the molecule is O=C(NCCCO[C@@H]1CCOC1)N1CC[C@@H]1c1ccc(Cl)cc1. The number of likely N-dealkylation sites (tertiary alicyclic amines) is 1. The van der Waals surface area contributed by atoms with E-state index in [2.05, 4.69) is 5.32 Å². The zero-order chi connectivity index (χ0) is 16.1. The molecule has 1 N–H and O–H groups in total. The number of urea groups is 1. The van der Waals surface area contributed by atoms with Crippen LogP contribution in [-0.4, -0.2) is 49.9 Å². The minimum Gasteiger partial charge on any atom is -0.379 e. The van der Waals surface area contributed by atoms with Crippen LogP contribution in [-0.2, 0) is 9.47 Å². The Kier molecular flexibility index (Phi) is 5.75. The van der Waals surface area contributed by atoms with Crippen molar-refractivity contribution in [3.05, 3.63) is 34.9 Å². The summed E-state index contributed by atoms with van der Waals surface area (Å²) in [5.41, 5.74) is 1.14. The van der Waals surface area contributed by atoms with Crippen LogP contribution < -0.4 is 5.32 Å². The van der Waals surface area contributed by atoms with Crippen LogP contribution in [0.5, 0.6) is 0 Å². The Morgan fingerprint density at radius 1 is 1.35 bits per heavy atom. The lowest BCUT2D eigenvalue weighted by atomic mass is 9.95. The number of hydrogen-bond donors (Lipinski definition) is 1. The zero-order valence-electron chi connectivity index (χ0n) is 13.2. The Hall–Kier alpha value is -1.30. The second kappa shape index (κ2) is 7.99. The van der Waals surface area contributed by atoms with Crippen LogP contribution in [0.3, 0.4) is 0 Å². The molecule has 3 rings (SSSR count). The molecule has 1 aromatic carbocycles. The predicted molar refractivity (Wildman–Crippen MR) is 88.7 cm³/mol. The summed E-state index contributed by atoms with van der Waals surface area (Å²) < 4.78 is 10.9. The molecule has 0 saturated carbocycles. The molecule has 1 aromatic rings.